The van der Waals surface area contributed by atoms with Crippen LogP contribution in [0.15, 0.2) is 0 Å². The molecule has 58 valence electrons. The molecule has 0 aliphatic heterocycles. The summed E-state index contributed by atoms with van der Waals surface area (Å²) in [6.07, 6.45) is 0. The Morgan fingerprint density at radius 2 is 1.70 bits per heavy atom. The van der Waals surface area contributed by atoms with Crippen LogP contribution in [0.2, 0.25) is 0 Å². The monoisotopic (exact) mass is 144 g/mol. The SMILES string of the molecule is CN(C)C(=N)N(N)C(=N)N. The van der Waals surface area contributed by atoms with Gasteiger partial charge in [-0.15, -0.1) is 0 Å². The van der Waals surface area contributed by atoms with Crippen LogP contribution in [0.1, 0.15) is 0 Å². The fourth-order valence-corrected chi connectivity index (χ4v) is 0.330. The molecule has 0 spiro atoms. The Morgan fingerprint density at radius 3 is 1.80 bits per heavy atom. The maximum Gasteiger partial charge on any atom is 0.215 e. The van der Waals surface area contributed by atoms with Gasteiger partial charge < -0.3 is 10.6 Å². The summed E-state index contributed by atoms with van der Waals surface area (Å²) in [4.78, 5) is 1.45. The van der Waals surface area contributed by atoms with Crippen molar-refractivity contribution in [3.8, 4) is 0 Å². The fraction of sp³-hybridized carbons (Fsp3) is 0.500. The van der Waals surface area contributed by atoms with E-state index in [0.717, 1.165) is 5.01 Å². The van der Waals surface area contributed by atoms with Crippen LogP contribution in [0.5, 0.6) is 0 Å². The molecule has 0 amide bonds. The van der Waals surface area contributed by atoms with Crippen molar-refractivity contribution in [3.05, 3.63) is 0 Å². The second kappa shape index (κ2) is 3.02. The number of hydrazine groups is 1. The number of nitrogens with two attached hydrogens (primary N) is 2. The number of hydrogen-bond donors (Lipinski definition) is 4. The van der Waals surface area contributed by atoms with Crippen LogP contribution in [0.25, 0.3) is 0 Å². The summed E-state index contributed by atoms with van der Waals surface area (Å²) in [7, 11) is 3.29. The van der Waals surface area contributed by atoms with Gasteiger partial charge in [-0.2, -0.15) is 0 Å². The van der Waals surface area contributed by atoms with Crippen LogP contribution in [-0.2, 0) is 0 Å². The molecule has 0 unspecified atom stereocenters. The minimum Gasteiger partial charge on any atom is -0.369 e. The Morgan fingerprint density at radius 1 is 1.30 bits per heavy atom. The number of hydrogen-bond acceptors (Lipinski definition) is 3. The average Bonchev–Trinajstić information content (AvgIpc) is 1.84. The lowest BCUT2D eigenvalue weighted by Crippen LogP contribution is -2.51. The van der Waals surface area contributed by atoms with Crippen LogP contribution < -0.4 is 11.6 Å². The first-order chi connectivity index (χ1) is 4.46. The van der Waals surface area contributed by atoms with E-state index in [1.165, 1.54) is 4.90 Å². The Bertz CT molecular complexity index is 150. The summed E-state index contributed by atoms with van der Waals surface area (Å²) in [5.74, 6) is 4.81. The molecule has 0 fully saturated rings. The van der Waals surface area contributed by atoms with Gasteiger partial charge >= 0.3 is 0 Å². The largest absolute Gasteiger partial charge is 0.369 e. The summed E-state index contributed by atoms with van der Waals surface area (Å²) in [5, 5.41) is 14.8. The highest BCUT2D eigenvalue weighted by Gasteiger charge is 2.08. The minimum absolute atomic E-state index is 0.0208. The van der Waals surface area contributed by atoms with Crippen molar-refractivity contribution < 1.29 is 0 Å². The number of guanidine groups is 2. The van der Waals surface area contributed by atoms with Crippen molar-refractivity contribution in [2.75, 3.05) is 14.1 Å². The van der Waals surface area contributed by atoms with Gasteiger partial charge in [0.1, 0.15) is 0 Å². The van der Waals surface area contributed by atoms with Crippen LogP contribution in [0.4, 0.5) is 0 Å². The molecule has 0 rings (SSSR count). The van der Waals surface area contributed by atoms with E-state index in [4.69, 9.17) is 22.4 Å². The van der Waals surface area contributed by atoms with Gasteiger partial charge in [-0.05, 0) is 0 Å². The van der Waals surface area contributed by atoms with Gasteiger partial charge in [0, 0.05) is 14.1 Å². The normalized spacial score (nSPS) is 8.70. The Kier molecular flexibility index (Phi) is 2.63. The molecule has 0 bridgehead atoms. The minimum atomic E-state index is -0.348. The van der Waals surface area contributed by atoms with Gasteiger partial charge in [-0.1, -0.05) is 0 Å². The van der Waals surface area contributed by atoms with Crippen molar-refractivity contribution in [2.24, 2.45) is 11.6 Å². The highest BCUT2D eigenvalue weighted by Crippen LogP contribution is 1.82. The van der Waals surface area contributed by atoms with E-state index in [9.17, 15) is 0 Å². The summed E-state index contributed by atoms with van der Waals surface area (Å²) < 4.78 is 0. The standard InChI is InChI=1S/C4H12N6/c1-9(2)4(7)10(8)3(5)6/h7H,8H2,1-2H3,(H3,5,6). The first kappa shape index (κ1) is 8.70. The van der Waals surface area contributed by atoms with Gasteiger partial charge in [0.15, 0.2) is 0 Å². The predicted molar refractivity (Wildman–Crippen MR) is 39.4 cm³/mol. The average molecular weight is 144 g/mol. The van der Waals surface area contributed by atoms with Crippen LogP contribution in [-0.4, -0.2) is 35.9 Å². The molecule has 0 aliphatic carbocycles. The fourth-order valence-electron chi connectivity index (χ4n) is 0.330. The van der Waals surface area contributed by atoms with Crippen molar-refractivity contribution in [1.82, 2.24) is 9.91 Å². The first-order valence-corrected chi connectivity index (χ1v) is 2.61. The van der Waals surface area contributed by atoms with Crippen molar-refractivity contribution in [1.29, 1.82) is 10.8 Å². The summed E-state index contributed by atoms with van der Waals surface area (Å²) in [6.45, 7) is 0. The van der Waals surface area contributed by atoms with Crippen molar-refractivity contribution >= 4 is 11.9 Å². The maximum absolute atomic E-state index is 7.19. The zero-order chi connectivity index (χ0) is 8.31. The molecule has 10 heavy (non-hydrogen) atoms. The van der Waals surface area contributed by atoms with E-state index >= 15 is 0 Å². The van der Waals surface area contributed by atoms with E-state index < -0.39 is 0 Å². The first-order valence-electron chi connectivity index (χ1n) is 2.61. The molecule has 6 heteroatoms. The topological polar surface area (TPSA) is 106 Å². The third-order valence-electron chi connectivity index (χ3n) is 0.911. The van der Waals surface area contributed by atoms with Crippen LogP contribution in [0, 0.1) is 10.8 Å². The lowest BCUT2D eigenvalue weighted by molar-refractivity contribution is 0.490. The number of nitrogens with one attached hydrogen (secondary N) is 2. The van der Waals surface area contributed by atoms with E-state index in [1.54, 1.807) is 14.1 Å². The lowest BCUT2D eigenvalue weighted by Gasteiger charge is -2.21. The molecular weight excluding hydrogens is 132 g/mol. The third kappa shape index (κ3) is 1.90. The quantitative estimate of drug-likeness (QED) is 0.144. The van der Waals surface area contributed by atoms with Gasteiger partial charge in [0.2, 0.25) is 11.9 Å². The Hall–Kier alpha value is -1.30. The van der Waals surface area contributed by atoms with E-state index in [-0.39, 0.29) is 11.9 Å². The lowest BCUT2D eigenvalue weighted by atomic mass is 10.7. The van der Waals surface area contributed by atoms with E-state index in [0.29, 0.717) is 0 Å². The van der Waals surface area contributed by atoms with E-state index in [1.807, 2.05) is 0 Å². The maximum atomic E-state index is 7.19. The Balaban J connectivity index is 4.08. The highest BCUT2D eigenvalue weighted by molar-refractivity contribution is 5.93. The van der Waals surface area contributed by atoms with Crippen molar-refractivity contribution in [3.63, 3.8) is 0 Å². The smallest absolute Gasteiger partial charge is 0.215 e. The molecular formula is C4H12N6. The molecule has 0 saturated carbocycles. The molecule has 0 aromatic carbocycles. The molecule has 0 saturated heterocycles. The molecule has 6 nitrogen and oxygen atoms in total. The molecule has 6 N–H and O–H groups in total. The second-order valence-electron chi connectivity index (χ2n) is 1.97. The second-order valence-corrected chi connectivity index (χ2v) is 1.97. The molecule has 0 aromatic heterocycles. The zero-order valence-electron chi connectivity index (χ0n) is 6.05. The molecule has 0 aromatic rings. The molecule has 0 atom stereocenters. The summed E-state index contributed by atoms with van der Waals surface area (Å²) in [6, 6.07) is 0. The predicted octanol–water partition coefficient (Wildman–Crippen LogP) is -1.45. The number of rotatable bonds is 0. The summed E-state index contributed by atoms with van der Waals surface area (Å²) in [5.41, 5.74) is 4.99. The molecule has 0 heterocycles. The van der Waals surface area contributed by atoms with Gasteiger partial charge in [-0.3, -0.25) is 10.8 Å². The van der Waals surface area contributed by atoms with Crippen LogP contribution in [0.3, 0.4) is 0 Å². The zero-order valence-corrected chi connectivity index (χ0v) is 6.05. The Labute approximate surface area is 59.4 Å². The number of nitrogens with zero attached hydrogens (tertiary/aromatic N) is 2. The molecule has 0 aliphatic rings. The van der Waals surface area contributed by atoms with Gasteiger partial charge in [-0.25, -0.2) is 10.9 Å². The van der Waals surface area contributed by atoms with Crippen molar-refractivity contribution in [2.45, 2.75) is 0 Å². The van der Waals surface area contributed by atoms with Gasteiger partial charge in [0.05, 0.1) is 0 Å². The summed E-state index contributed by atoms with van der Waals surface area (Å²) >= 11 is 0. The molecule has 0 radical (unpaired) electrons. The van der Waals surface area contributed by atoms with Crippen LogP contribution >= 0.6 is 0 Å². The van der Waals surface area contributed by atoms with Gasteiger partial charge in [0.25, 0.3) is 0 Å². The van der Waals surface area contributed by atoms with E-state index in [2.05, 4.69) is 0 Å². The third-order valence-corrected chi connectivity index (χ3v) is 0.911. The highest BCUT2D eigenvalue weighted by atomic mass is 15.5.